The Bertz CT molecular complexity index is 797. The summed E-state index contributed by atoms with van der Waals surface area (Å²) in [6.07, 6.45) is 0.653. The fourth-order valence-corrected chi connectivity index (χ4v) is 2.59. The number of halogens is 2. The Hall–Kier alpha value is -3.16. The molecule has 28 heavy (non-hydrogen) atoms. The van der Waals surface area contributed by atoms with Gasteiger partial charge in [0.1, 0.15) is 18.0 Å². The molecule has 0 fully saturated rings. The number of methoxy groups -OCH3 is 1. The van der Waals surface area contributed by atoms with Gasteiger partial charge in [0.05, 0.1) is 12.8 Å². The van der Waals surface area contributed by atoms with Crippen molar-refractivity contribution in [3.8, 4) is 11.5 Å². The maximum atomic E-state index is 12.7. The predicted molar refractivity (Wildman–Crippen MR) is 101 cm³/mol. The zero-order valence-electron chi connectivity index (χ0n) is 15.7. The number of anilines is 1. The lowest BCUT2D eigenvalue weighted by Gasteiger charge is -2.22. The van der Waals surface area contributed by atoms with Crippen LogP contribution in [0.25, 0.3) is 0 Å². The molecule has 0 radical (unpaired) electrons. The summed E-state index contributed by atoms with van der Waals surface area (Å²) in [6, 6.07) is 12.3. The van der Waals surface area contributed by atoms with Crippen LogP contribution >= 0.6 is 0 Å². The van der Waals surface area contributed by atoms with Gasteiger partial charge in [-0.1, -0.05) is 19.1 Å². The first kappa shape index (κ1) is 21.1. The Balaban J connectivity index is 2.07. The molecule has 0 heterocycles. The fourth-order valence-electron chi connectivity index (χ4n) is 2.59. The van der Waals surface area contributed by atoms with Crippen molar-refractivity contribution in [3.63, 3.8) is 0 Å². The predicted octanol–water partition coefficient (Wildman–Crippen LogP) is 3.79. The highest BCUT2D eigenvalue weighted by molar-refractivity contribution is 5.99. The highest BCUT2D eigenvalue weighted by atomic mass is 19.3. The van der Waals surface area contributed by atoms with E-state index >= 15 is 0 Å². The van der Waals surface area contributed by atoms with Gasteiger partial charge in [-0.05, 0) is 42.8 Å². The van der Waals surface area contributed by atoms with Crippen LogP contribution in [0, 0.1) is 0 Å². The van der Waals surface area contributed by atoms with E-state index in [0.717, 1.165) is 0 Å². The van der Waals surface area contributed by atoms with Crippen LogP contribution in [0.3, 0.4) is 0 Å². The van der Waals surface area contributed by atoms with E-state index in [1.54, 1.807) is 24.3 Å². The topological polar surface area (TPSA) is 67.9 Å². The van der Waals surface area contributed by atoms with E-state index in [1.165, 1.54) is 36.3 Å². The lowest BCUT2D eigenvalue weighted by molar-refractivity contribution is -0.116. The van der Waals surface area contributed by atoms with Gasteiger partial charge >= 0.3 is 6.61 Å². The van der Waals surface area contributed by atoms with Crippen molar-refractivity contribution >= 4 is 17.5 Å². The van der Waals surface area contributed by atoms with E-state index < -0.39 is 6.61 Å². The molecule has 0 spiro atoms. The summed E-state index contributed by atoms with van der Waals surface area (Å²) in [6.45, 7) is -0.831. The average molecular weight is 392 g/mol. The van der Waals surface area contributed by atoms with Crippen LogP contribution in [0.2, 0.25) is 0 Å². The van der Waals surface area contributed by atoms with Crippen molar-refractivity contribution in [1.82, 2.24) is 4.90 Å². The summed E-state index contributed by atoms with van der Waals surface area (Å²) < 4.78 is 33.9. The molecular weight excluding hydrogens is 370 g/mol. The molecule has 0 aromatic heterocycles. The van der Waals surface area contributed by atoms with E-state index in [9.17, 15) is 18.4 Å². The molecule has 0 saturated heterocycles. The third-order valence-electron chi connectivity index (χ3n) is 3.82. The van der Waals surface area contributed by atoms with Crippen LogP contribution in [0.1, 0.15) is 23.7 Å². The number of hydrogen-bond acceptors (Lipinski definition) is 4. The van der Waals surface area contributed by atoms with Crippen molar-refractivity contribution in [1.29, 1.82) is 0 Å². The third-order valence-corrected chi connectivity index (χ3v) is 3.82. The van der Waals surface area contributed by atoms with E-state index in [2.05, 4.69) is 10.1 Å². The van der Waals surface area contributed by atoms with Crippen LogP contribution in [-0.4, -0.2) is 43.5 Å². The third kappa shape index (κ3) is 5.94. The number of benzene rings is 2. The molecule has 0 saturated carbocycles. The first-order valence-corrected chi connectivity index (χ1v) is 8.71. The normalized spacial score (nSPS) is 10.5. The van der Waals surface area contributed by atoms with Crippen molar-refractivity contribution < 1.29 is 27.8 Å². The highest BCUT2D eigenvalue weighted by Crippen LogP contribution is 2.23. The van der Waals surface area contributed by atoms with Crippen molar-refractivity contribution in [3.05, 3.63) is 54.1 Å². The summed E-state index contributed by atoms with van der Waals surface area (Å²) in [7, 11) is 1.50. The van der Waals surface area contributed by atoms with Crippen molar-refractivity contribution in [2.24, 2.45) is 0 Å². The van der Waals surface area contributed by atoms with Gasteiger partial charge in [0.15, 0.2) is 0 Å². The second-order valence-corrected chi connectivity index (χ2v) is 5.88. The van der Waals surface area contributed by atoms with E-state index in [-0.39, 0.29) is 29.7 Å². The molecule has 2 amide bonds. The number of nitrogens with one attached hydrogen (secondary N) is 1. The van der Waals surface area contributed by atoms with E-state index in [4.69, 9.17) is 4.74 Å². The largest absolute Gasteiger partial charge is 0.495 e. The van der Waals surface area contributed by atoms with Gasteiger partial charge in [0.2, 0.25) is 5.91 Å². The molecule has 2 aromatic rings. The Labute approximate surface area is 162 Å². The second-order valence-electron chi connectivity index (χ2n) is 5.88. The molecule has 6 nitrogen and oxygen atoms in total. The summed E-state index contributed by atoms with van der Waals surface area (Å²) in [5.41, 5.74) is 0.785. The van der Waals surface area contributed by atoms with Crippen molar-refractivity contribution in [2.75, 3.05) is 25.5 Å². The highest BCUT2D eigenvalue weighted by Gasteiger charge is 2.19. The van der Waals surface area contributed by atoms with Gasteiger partial charge in [0.25, 0.3) is 5.91 Å². The molecule has 0 bridgehead atoms. The van der Waals surface area contributed by atoms with Crippen molar-refractivity contribution in [2.45, 2.75) is 20.0 Å². The molecule has 0 unspecified atom stereocenters. The molecule has 150 valence electrons. The molecule has 2 aromatic carbocycles. The number of ether oxygens (including phenoxy) is 2. The van der Waals surface area contributed by atoms with Crippen LogP contribution in [0.5, 0.6) is 11.5 Å². The zero-order valence-corrected chi connectivity index (χ0v) is 15.7. The standard InChI is InChI=1S/C20H22F2N2O4/c1-3-12-24(13-18(25)23-16-6-4-5-7-17(16)27-2)19(26)14-8-10-15(11-9-14)28-20(21)22/h4-11,20H,3,12-13H2,1-2H3,(H,23,25). The number of amides is 2. The minimum Gasteiger partial charge on any atom is -0.495 e. The summed E-state index contributed by atoms with van der Waals surface area (Å²) in [4.78, 5) is 26.5. The maximum Gasteiger partial charge on any atom is 0.387 e. The smallest absolute Gasteiger partial charge is 0.387 e. The van der Waals surface area contributed by atoms with Crippen LogP contribution in [-0.2, 0) is 4.79 Å². The minimum absolute atomic E-state index is 0.0393. The Morgan fingerprint density at radius 2 is 1.79 bits per heavy atom. The van der Waals surface area contributed by atoms with Gasteiger partial charge < -0.3 is 19.7 Å². The number of carbonyl (C=O) groups excluding carboxylic acids is 2. The molecule has 1 N–H and O–H groups in total. The molecule has 8 heteroatoms. The Kier molecular flexibility index (Phi) is 7.74. The number of alkyl halides is 2. The summed E-state index contributed by atoms with van der Waals surface area (Å²) in [5.74, 6) is -0.272. The van der Waals surface area contributed by atoms with Gasteiger partial charge in [-0.3, -0.25) is 9.59 Å². The number of para-hydroxylation sites is 2. The summed E-state index contributed by atoms with van der Waals surface area (Å²) in [5, 5.41) is 2.73. The number of hydrogen-bond donors (Lipinski definition) is 1. The van der Waals surface area contributed by atoms with Gasteiger partial charge in [-0.15, -0.1) is 0 Å². The monoisotopic (exact) mass is 392 g/mol. The zero-order chi connectivity index (χ0) is 20.5. The molecule has 2 rings (SSSR count). The Morgan fingerprint density at radius 1 is 1.11 bits per heavy atom. The Morgan fingerprint density at radius 3 is 2.39 bits per heavy atom. The lowest BCUT2D eigenvalue weighted by atomic mass is 10.2. The molecule has 0 aliphatic heterocycles. The first-order chi connectivity index (χ1) is 13.4. The quantitative estimate of drug-likeness (QED) is 0.705. The average Bonchev–Trinajstić information content (AvgIpc) is 2.67. The SMILES string of the molecule is CCCN(CC(=O)Nc1ccccc1OC)C(=O)c1ccc(OC(F)F)cc1. The number of nitrogens with zero attached hydrogens (tertiary/aromatic N) is 1. The lowest BCUT2D eigenvalue weighted by Crippen LogP contribution is -2.38. The molecular formula is C20H22F2N2O4. The van der Waals surface area contributed by atoms with Gasteiger partial charge in [0, 0.05) is 12.1 Å². The van der Waals surface area contributed by atoms with Gasteiger partial charge in [-0.2, -0.15) is 8.78 Å². The van der Waals surface area contributed by atoms with Crippen LogP contribution in [0.15, 0.2) is 48.5 Å². The van der Waals surface area contributed by atoms with Crippen LogP contribution in [0.4, 0.5) is 14.5 Å². The van der Waals surface area contributed by atoms with E-state index in [0.29, 0.717) is 24.4 Å². The summed E-state index contributed by atoms with van der Waals surface area (Å²) >= 11 is 0. The molecule has 0 aliphatic rings. The maximum absolute atomic E-state index is 12.7. The molecule has 0 atom stereocenters. The molecule has 0 aliphatic carbocycles. The number of rotatable bonds is 9. The first-order valence-electron chi connectivity index (χ1n) is 8.71. The van der Waals surface area contributed by atoms with E-state index in [1.807, 2.05) is 6.92 Å². The van der Waals surface area contributed by atoms with Gasteiger partial charge in [-0.25, -0.2) is 0 Å². The van der Waals surface area contributed by atoms with Crippen LogP contribution < -0.4 is 14.8 Å². The minimum atomic E-state index is -2.93. The fraction of sp³-hybridized carbons (Fsp3) is 0.300. The number of carbonyl (C=O) groups is 2. The second kappa shape index (κ2) is 10.2.